The molecule has 2 rings (SSSR count). The monoisotopic (exact) mass is 247 g/mol. The van der Waals surface area contributed by atoms with Crippen LogP contribution in [0.15, 0.2) is 34.9 Å². The van der Waals surface area contributed by atoms with E-state index in [0.717, 1.165) is 0 Å². The van der Waals surface area contributed by atoms with E-state index < -0.39 is 12.1 Å². The van der Waals surface area contributed by atoms with Gasteiger partial charge in [-0.2, -0.15) is 0 Å². The first-order valence-corrected chi connectivity index (χ1v) is 5.41. The predicted molar refractivity (Wildman–Crippen MR) is 63.1 cm³/mol. The van der Waals surface area contributed by atoms with Crippen molar-refractivity contribution in [3.05, 3.63) is 53.2 Å². The largest absolute Gasteiger partial charge is 0.465 e. The van der Waals surface area contributed by atoms with Gasteiger partial charge in [0.05, 0.1) is 12.8 Å². The third-order valence-electron chi connectivity index (χ3n) is 2.58. The molecule has 0 spiro atoms. The summed E-state index contributed by atoms with van der Waals surface area (Å²) in [7, 11) is 1.30. The van der Waals surface area contributed by atoms with Crippen LogP contribution in [0.2, 0.25) is 0 Å². The normalized spacial score (nSPS) is 12.2. The van der Waals surface area contributed by atoms with Crippen molar-refractivity contribution in [3.8, 4) is 0 Å². The fourth-order valence-corrected chi connectivity index (χ4v) is 1.64. The van der Waals surface area contributed by atoms with Gasteiger partial charge in [-0.05, 0) is 25.1 Å². The Morgan fingerprint density at radius 3 is 2.89 bits per heavy atom. The zero-order chi connectivity index (χ0) is 13.1. The quantitative estimate of drug-likeness (QED) is 0.838. The van der Waals surface area contributed by atoms with Crippen LogP contribution in [0.1, 0.15) is 33.7 Å². The van der Waals surface area contributed by atoms with Crippen LogP contribution in [-0.4, -0.2) is 23.2 Å². The van der Waals surface area contributed by atoms with Gasteiger partial charge in [0.15, 0.2) is 6.10 Å². The molecule has 0 amide bonds. The van der Waals surface area contributed by atoms with E-state index in [2.05, 4.69) is 9.72 Å². The molecule has 0 aliphatic rings. The summed E-state index contributed by atoms with van der Waals surface area (Å²) < 4.78 is 9.98. The number of methoxy groups -OCH3 is 1. The first-order valence-electron chi connectivity index (χ1n) is 5.41. The maximum Gasteiger partial charge on any atom is 0.341 e. The lowest BCUT2D eigenvalue weighted by atomic mass is 10.1. The molecular formula is C13H13NO4. The molecule has 0 saturated heterocycles. The van der Waals surface area contributed by atoms with Crippen LogP contribution < -0.4 is 0 Å². The Balaban J connectivity index is 2.32. The average Bonchev–Trinajstić information content (AvgIpc) is 2.80. The average molecular weight is 247 g/mol. The molecule has 0 bridgehead atoms. The molecule has 0 aromatic carbocycles. The molecule has 0 fully saturated rings. The van der Waals surface area contributed by atoms with E-state index in [0.29, 0.717) is 17.0 Å². The van der Waals surface area contributed by atoms with Gasteiger partial charge in [-0.25, -0.2) is 4.79 Å². The molecule has 1 atom stereocenters. The summed E-state index contributed by atoms with van der Waals surface area (Å²) in [4.78, 5) is 15.5. The number of aryl methyl sites for hydroxylation is 1. The number of furan rings is 1. The Hall–Kier alpha value is -2.14. The van der Waals surface area contributed by atoms with Crippen LogP contribution in [0.5, 0.6) is 0 Å². The Bertz CT molecular complexity index is 547. The van der Waals surface area contributed by atoms with Crippen LogP contribution in [0.4, 0.5) is 0 Å². The van der Waals surface area contributed by atoms with Gasteiger partial charge in [-0.3, -0.25) is 4.98 Å². The van der Waals surface area contributed by atoms with Crippen LogP contribution >= 0.6 is 0 Å². The molecule has 1 N–H and O–H groups in total. The van der Waals surface area contributed by atoms with Crippen LogP contribution in [0.3, 0.4) is 0 Å². The Kier molecular flexibility index (Phi) is 3.43. The van der Waals surface area contributed by atoms with Crippen molar-refractivity contribution < 1.29 is 19.1 Å². The number of aromatic nitrogens is 1. The fourth-order valence-electron chi connectivity index (χ4n) is 1.64. The van der Waals surface area contributed by atoms with Crippen LogP contribution in [0, 0.1) is 6.92 Å². The van der Waals surface area contributed by atoms with Crippen molar-refractivity contribution >= 4 is 5.97 Å². The second kappa shape index (κ2) is 5.01. The fraction of sp³-hybridized carbons (Fsp3) is 0.231. The Morgan fingerprint density at radius 1 is 1.50 bits per heavy atom. The number of pyridine rings is 1. The third kappa shape index (κ3) is 2.26. The number of carbonyl (C=O) groups excluding carboxylic acids is 1. The van der Waals surface area contributed by atoms with Gasteiger partial charge in [-0.15, -0.1) is 0 Å². The molecule has 0 saturated carbocycles. The first kappa shape index (κ1) is 12.3. The van der Waals surface area contributed by atoms with Gasteiger partial charge in [-0.1, -0.05) is 6.07 Å². The SMILES string of the molecule is COC(=O)c1cc(C(O)c2ccccn2)oc1C. The molecular weight excluding hydrogens is 234 g/mol. The van der Waals surface area contributed by atoms with Crippen LogP contribution in [-0.2, 0) is 4.74 Å². The number of aliphatic hydroxyl groups is 1. The number of nitrogens with zero attached hydrogens (tertiary/aromatic N) is 1. The summed E-state index contributed by atoms with van der Waals surface area (Å²) >= 11 is 0. The van der Waals surface area contributed by atoms with Gasteiger partial charge in [0.25, 0.3) is 0 Å². The second-order valence-corrected chi connectivity index (χ2v) is 3.77. The van der Waals surface area contributed by atoms with E-state index in [9.17, 15) is 9.90 Å². The zero-order valence-electron chi connectivity index (χ0n) is 10.1. The highest BCUT2D eigenvalue weighted by atomic mass is 16.5. The molecule has 2 heterocycles. The lowest BCUT2D eigenvalue weighted by Gasteiger charge is -2.05. The van der Waals surface area contributed by atoms with Gasteiger partial charge < -0.3 is 14.3 Å². The van der Waals surface area contributed by atoms with Crippen molar-refractivity contribution in [1.82, 2.24) is 4.98 Å². The lowest BCUT2D eigenvalue weighted by Crippen LogP contribution is -2.02. The van der Waals surface area contributed by atoms with Crippen molar-refractivity contribution in [2.24, 2.45) is 0 Å². The van der Waals surface area contributed by atoms with Gasteiger partial charge in [0.2, 0.25) is 0 Å². The third-order valence-corrected chi connectivity index (χ3v) is 2.58. The summed E-state index contributed by atoms with van der Waals surface area (Å²) in [5, 5.41) is 10.1. The van der Waals surface area contributed by atoms with Gasteiger partial charge in [0, 0.05) is 6.20 Å². The zero-order valence-corrected chi connectivity index (χ0v) is 10.1. The highest BCUT2D eigenvalue weighted by Crippen LogP contribution is 2.25. The van der Waals surface area contributed by atoms with E-state index in [1.807, 2.05) is 0 Å². The maximum absolute atomic E-state index is 11.4. The predicted octanol–water partition coefficient (Wildman–Crippen LogP) is 1.85. The summed E-state index contributed by atoms with van der Waals surface area (Å²) in [6.45, 7) is 1.64. The van der Waals surface area contributed by atoms with Crippen molar-refractivity contribution in [3.63, 3.8) is 0 Å². The minimum Gasteiger partial charge on any atom is -0.465 e. The number of aliphatic hydroxyl groups excluding tert-OH is 1. The number of hydrogen-bond donors (Lipinski definition) is 1. The van der Waals surface area contributed by atoms with E-state index in [1.54, 1.807) is 31.3 Å². The summed E-state index contributed by atoms with van der Waals surface area (Å²) in [5.41, 5.74) is 0.769. The van der Waals surface area contributed by atoms with Crippen molar-refractivity contribution in [2.45, 2.75) is 13.0 Å². The van der Waals surface area contributed by atoms with Crippen molar-refractivity contribution in [1.29, 1.82) is 0 Å². The minimum atomic E-state index is -0.997. The maximum atomic E-state index is 11.4. The molecule has 1 unspecified atom stereocenters. The smallest absolute Gasteiger partial charge is 0.341 e. The number of hydrogen-bond acceptors (Lipinski definition) is 5. The number of rotatable bonds is 3. The van der Waals surface area contributed by atoms with Crippen LogP contribution in [0.25, 0.3) is 0 Å². The molecule has 2 aromatic heterocycles. The minimum absolute atomic E-state index is 0.270. The molecule has 0 aliphatic heterocycles. The molecule has 0 aliphatic carbocycles. The number of carbonyl (C=O) groups is 1. The summed E-state index contributed by atoms with van der Waals surface area (Å²) in [5.74, 6) is 0.189. The molecule has 94 valence electrons. The summed E-state index contributed by atoms with van der Waals surface area (Å²) in [6, 6.07) is 6.67. The summed E-state index contributed by atoms with van der Waals surface area (Å²) in [6.07, 6.45) is 0.582. The molecule has 2 aromatic rings. The standard InChI is InChI=1S/C13H13NO4/c1-8-9(13(16)17-2)7-11(18-8)12(15)10-5-3-4-6-14-10/h3-7,12,15H,1-2H3. The topological polar surface area (TPSA) is 72.6 Å². The molecule has 0 radical (unpaired) electrons. The van der Waals surface area contributed by atoms with E-state index in [-0.39, 0.29) is 5.76 Å². The Morgan fingerprint density at radius 2 is 2.28 bits per heavy atom. The van der Waals surface area contributed by atoms with E-state index >= 15 is 0 Å². The molecule has 5 nitrogen and oxygen atoms in total. The first-order chi connectivity index (χ1) is 8.63. The van der Waals surface area contributed by atoms with Gasteiger partial charge >= 0.3 is 5.97 Å². The second-order valence-electron chi connectivity index (χ2n) is 3.77. The Labute approximate surface area is 104 Å². The number of esters is 1. The molecule has 18 heavy (non-hydrogen) atoms. The van der Waals surface area contributed by atoms with Gasteiger partial charge in [0.1, 0.15) is 17.1 Å². The van der Waals surface area contributed by atoms with Crippen molar-refractivity contribution in [2.75, 3.05) is 7.11 Å². The van der Waals surface area contributed by atoms with E-state index in [1.165, 1.54) is 13.2 Å². The highest BCUT2D eigenvalue weighted by molar-refractivity contribution is 5.90. The number of ether oxygens (including phenoxy) is 1. The molecule has 5 heteroatoms. The lowest BCUT2D eigenvalue weighted by molar-refractivity contribution is 0.0599. The van der Waals surface area contributed by atoms with E-state index in [4.69, 9.17) is 4.42 Å². The highest BCUT2D eigenvalue weighted by Gasteiger charge is 2.21.